The van der Waals surface area contributed by atoms with Crippen LogP contribution in [-0.4, -0.2) is 26.5 Å². The number of amides is 1. The van der Waals surface area contributed by atoms with E-state index in [0.717, 1.165) is 12.0 Å². The molecule has 3 rings (SSSR count). The minimum absolute atomic E-state index is 0.0844. The Balaban J connectivity index is 1.98. The number of carbonyl (C=O) groups excluding carboxylic acids is 1. The van der Waals surface area contributed by atoms with Gasteiger partial charge < -0.3 is 5.11 Å². The molecule has 3 aromatic rings. The Morgan fingerprint density at radius 2 is 1.93 bits per heavy atom. The van der Waals surface area contributed by atoms with Gasteiger partial charge in [-0.25, -0.2) is 10.1 Å². The van der Waals surface area contributed by atoms with E-state index in [1.54, 1.807) is 49.4 Å². The number of phenolic OH excluding ortho intramolecular Hbond substituents is 1. The molecular weight excluding hydrogens is 356 g/mol. The molecule has 0 saturated carbocycles. The topological polar surface area (TPSA) is 96.6 Å². The van der Waals surface area contributed by atoms with Crippen LogP contribution in [0.15, 0.2) is 52.4 Å². The van der Waals surface area contributed by atoms with Crippen LogP contribution < -0.4 is 11.0 Å². The van der Waals surface area contributed by atoms with Crippen molar-refractivity contribution in [1.29, 1.82) is 0 Å². The van der Waals surface area contributed by atoms with Crippen LogP contribution >= 0.6 is 0 Å². The molecule has 2 N–H and O–H groups in total. The highest BCUT2D eigenvalue weighted by atomic mass is 16.3. The van der Waals surface area contributed by atoms with Crippen LogP contribution in [0, 0.1) is 6.92 Å². The smallest absolute Gasteiger partial charge is 0.292 e. The fourth-order valence-corrected chi connectivity index (χ4v) is 2.95. The van der Waals surface area contributed by atoms with Gasteiger partial charge >= 0.3 is 0 Å². The molecule has 0 aliphatic heterocycles. The van der Waals surface area contributed by atoms with Gasteiger partial charge in [0.15, 0.2) is 5.69 Å². The third-order valence-electron chi connectivity index (χ3n) is 4.39. The van der Waals surface area contributed by atoms with Crippen LogP contribution in [0.5, 0.6) is 5.75 Å². The second-order valence-electron chi connectivity index (χ2n) is 6.58. The Kier molecular flexibility index (Phi) is 5.54. The van der Waals surface area contributed by atoms with Crippen molar-refractivity contribution in [2.45, 2.75) is 33.7 Å². The third kappa shape index (κ3) is 3.78. The fourth-order valence-electron chi connectivity index (χ4n) is 2.95. The Labute approximate surface area is 162 Å². The summed E-state index contributed by atoms with van der Waals surface area (Å²) in [6, 6.07) is 12.0. The van der Waals surface area contributed by atoms with Gasteiger partial charge in [-0.15, -0.1) is 0 Å². The maximum Gasteiger partial charge on any atom is 0.292 e. The van der Waals surface area contributed by atoms with Crippen LogP contribution in [0.4, 0.5) is 0 Å². The molecule has 7 heteroatoms. The Hall–Kier alpha value is -3.48. The number of hydrogen-bond donors (Lipinski definition) is 2. The molecule has 2 aromatic carbocycles. The van der Waals surface area contributed by atoms with Crippen molar-refractivity contribution in [3.8, 4) is 5.75 Å². The number of hydrazone groups is 1. The Morgan fingerprint density at radius 3 is 2.64 bits per heavy atom. The number of fused-ring (bicyclic) bond motifs is 1. The zero-order chi connectivity index (χ0) is 20.3. The number of aryl methyl sites for hydroxylation is 2. The van der Waals surface area contributed by atoms with Crippen molar-refractivity contribution in [3.05, 3.63) is 69.6 Å². The van der Waals surface area contributed by atoms with Gasteiger partial charge in [0.25, 0.3) is 11.5 Å². The van der Waals surface area contributed by atoms with E-state index in [-0.39, 0.29) is 17.0 Å². The molecule has 1 aromatic heterocycles. The monoisotopic (exact) mass is 378 g/mol. The number of benzene rings is 2. The van der Waals surface area contributed by atoms with Crippen molar-refractivity contribution >= 4 is 22.4 Å². The molecule has 0 unspecified atom stereocenters. The summed E-state index contributed by atoms with van der Waals surface area (Å²) in [6.07, 6.45) is 0.718. The van der Waals surface area contributed by atoms with E-state index in [4.69, 9.17) is 0 Å². The summed E-state index contributed by atoms with van der Waals surface area (Å²) in [6.45, 7) is 5.95. The van der Waals surface area contributed by atoms with Gasteiger partial charge in [-0.2, -0.15) is 10.2 Å². The van der Waals surface area contributed by atoms with Crippen LogP contribution in [-0.2, 0) is 6.54 Å². The summed E-state index contributed by atoms with van der Waals surface area (Å²) >= 11 is 0. The number of hydrogen-bond acceptors (Lipinski definition) is 5. The molecule has 0 atom stereocenters. The molecule has 7 nitrogen and oxygen atoms in total. The molecule has 0 radical (unpaired) electrons. The SMILES string of the molecule is CCCn1nc(C(=O)N/N=C(\C)c2cc(C)ccc2O)c2ccccc2c1=O. The molecule has 0 saturated heterocycles. The number of carbonyl (C=O) groups is 1. The van der Waals surface area contributed by atoms with E-state index in [1.165, 1.54) is 4.68 Å². The molecule has 1 heterocycles. The van der Waals surface area contributed by atoms with E-state index in [9.17, 15) is 14.7 Å². The molecule has 144 valence electrons. The molecule has 28 heavy (non-hydrogen) atoms. The van der Waals surface area contributed by atoms with Crippen LogP contribution in [0.2, 0.25) is 0 Å². The first-order valence-corrected chi connectivity index (χ1v) is 9.07. The van der Waals surface area contributed by atoms with Crippen molar-refractivity contribution < 1.29 is 9.90 Å². The summed E-state index contributed by atoms with van der Waals surface area (Å²) in [5.41, 5.74) is 4.36. The first-order chi connectivity index (χ1) is 13.4. The highest BCUT2D eigenvalue weighted by Gasteiger charge is 2.16. The average molecular weight is 378 g/mol. The molecule has 0 aliphatic carbocycles. The fraction of sp³-hybridized carbons (Fsp3) is 0.238. The predicted octanol–water partition coefficient (Wildman–Crippen LogP) is 2.97. The first kappa shape index (κ1) is 19.3. The Morgan fingerprint density at radius 1 is 1.21 bits per heavy atom. The lowest BCUT2D eigenvalue weighted by Crippen LogP contribution is -2.29. The van der Waals surface area contributed by atoms with E-state index in [1.807, 2.05) is 13.8 Å². The van der Waals surface area contributed by atoms with Crippen molar-refractivity contribution in [2.24, 2.45) is 5.10 Å². The molecule has 0 bridgehead atoms. The molecule has 0 aliphatic rings. The standard InChI is InChI=1S/C21H22N4O3/c1-4-11-25-21(28)16-8-6-5-7-15(16)19(24-25)20(27)23-22-14(3)17-12-13(2)9-10-18(17)26/h5-10,12,26H,4,11H2,1-3H3,(H,23,27)/b22-14+. The van der Waals surface area contributed by atoms with Gasteiger partial charge in [0, 0.05) is 17.5 Å². The molecule has 0 spiro atoms. The molecular formula is C21H22N4O3. The summed E-state index contributed by atoms with van der Waals surface area (Å²) < 4.78 is 1.31. The molecule has 1 amide bonds. The summed E-state index contributed by atoms with van der Waals surface area (Å²) in [7, 11) is 0. The first-order valence-electron chi connectivity index (χ1n) is 9.07. The zero-order valence-corrected chi connectivity index (χ0v) is 16.1. The van der Waals surface area contributed by atoms with Crippen molar-refractivity contribution in [2.75, 3.05) is 0 Å². The lowest BCUT2D eigenvalue weighted by Gasteiger charge is -2.10. The van der Waals surface area contributed by atoms with Gasteiger partial charge in [0.05, 0.1) is 11.1 Å². The van der Waals surface area contributed by atoms with E-state index >= 15 is 0 Å². The van der Waals surface area contributed by atoms with E-state index < -0.39 is 5.91 Å². The quantitative estimate of drug-likeness (QED) is 0.527. The lowest BCUT2D eigenvalue weighted by atomic mass is 10.1. The second kappa shape index (κ2) is 8.04. The number of nitrogens with zero attached hydrogens (tertiary/aromatic N) is 3. The number of rotatable bonds is 5. The molecule has 0 fully saturated rings. The van der Waals surface area contributed by atoms with Gasteiger partial charge in [0.1, 0.15) is 5.75 Å². The number of aromatic hydroxyl groups is 1. The summed E-state index contributed by atoms with van der Waals surface area (Å²) in [5, 5.41) is 19.3. The minimum Gasteiger partial charge on any atom is -0.507 e. The third-order valence-corrected chi connectivity index (χ3v) is 4.39. The van der Waals surface area contributed by atoms with Crippen molar-refractivity contribution in [3.63, 3.8) is 0 Å². The van der Waals surface area contributed by atoms with Crippen LogP contribution in [0.25, 0.3) is 10.8 Å². The number of aromatic nitrogens is 2. The number of nitrogens with one attached hydrogen (secondary N) is 1. The normalized spacial score (nSPS) is 11.6. The summed E-state index contributed by atoms with van der Waals surface area (Å²) in [5.74, 6) is -0.436. The van der Waals surface area contributed by atoms with E-state index in [0.29, 0.717) is 28.6 Å². The highest BCUT2D eigenvalue weighted by Crippen LogP contribution is 2.19. The van der Waals surface area contributed by atoms with Crippen molar-refractivity contribution in [1.82, 2.24) is 15.2 Å². The Bertz CT molecular complexity index is 1130. The van der Waals surface area contributed by atoms with Gasteiger partial charge in [-0.3, -0.25) is 9.59 Å². The van der Waals surface area contributed by atoms with E-state index in [2.05, 4.69) is 15.6 Å². The lowest BCUT2D eigenvalue weighted by molar-refractivity contribution is 0.0949. The van der Waals surface area contributed by atoms with Crippen LogP contribution in [0.3, 0.4) is 0 Å². The maximum atomic E-state index is 12.8. The minimum atomic E-state index is -0.521. The second-order valence-corrected chi connectivity index (χ2v) is 6.58. The average Bonchev–Trinajstić information content (AvgIpc) is 2.70. The number of phenols is 1. The van der Waals surface area contributed by atoms with Crippen LogP contribution in [0.1, 0.15) is 41.9 Å². The van der Waals surface area contributed by atoms with Gasteiger partial charge in [-0.1, -0.05) is 36.8 Å². The zero-order valence-electron chi connectivity index (χ0n) is 16.1. The van der Waals surface area contributed by atoms with Gasteiger partial charge in [-0.05, 0) is 38.5 Å². The highest BCUT2D eigenvalue weighted by molar-refractivity contribution is 6.06. The summed E-state index contributed by atoms with van der Waals surface area (Å²) in [4.78, 5) is 25.3. The van der Waals surface area contributed by atoms with Gasteiger partial charge in [0.2, 0.25) is 0 Å². The predicted molar refractivity (Wildman–Crippen MR) is 109 cm³/mol. The maximum absolute atomic E-state index is 12.8. The largest absolute Gasteiger partial charge is 0.507 e.